The number of hydrazine groups is 1. The van der Waals surface area contributed by atoms with Crippen LogP contribution in [0.15, 0.2) is 35.5 Å². The van der Waals surface area contributed by atoms with Crippen LogP contribution in [0, 0.1) is 0 Å². The van der Waals surface area contributed by atoms with Gasteiger partial charge in [0, 0.05) is 18.8 Å². The molecule has 1 aromatic heterocycles. The van der Waals surface area contributed by atoms with Crippen molar-refractivity contribution in [3.63, 3.8) is 0 Å². The summed E-state index contributed by atoms with van der Waals surface area (Å²) in [5.74, 6) is 5.92. The second-order valence-corrected chi connectivity index (χ2v) is 6.39. The van der Waals surface area contributed by atoms with Crippen LogP contribution in [0.2, 0.25) is 0 Å². The van der Waals surface area contributed by atoms with E-state index in [0.717, 1.165) is 0 Å². The minimum absolute atomic E-state index is 0.235. The van der Waals surface area contributed by atoms with Gasteiger partial charge in [-0.3, -0.25) is 5.84 Å². The maximum absolute atomic E-state index is 12.5. The summed E-state index contributed by atoms with van der Waals surface area (Å²) >= 11 is 0. The van der Waals surface area contributed by atoms with Gasteiger partial charge in [0.05, 0.1) is 11.4 Å². The number of anilines is 1. The fourth-order valence-corrected chi connectivity index (χ4v) is 3.51. The third-order valence-corrected chi connectivity index (χ3v) is 5.12. The molecule has 1 aliphatic heterocycles. The molecule has 0 bridgehead atoms. The van der Waals surface area contributed by atoms with E-state index in [4.69, 9.17) is 5.84 Å². The van der Waals surface area contributed by atoms with Gasteiger partial charge in [-0.25, -0.2) is 8.42 Å². The van der Waals surface area contributed by atoms with E-state index in [-0.39, 0.29) is 11.4 Å². The van der Waals surface area contributed by atoms with Crippen LogP contribution in [0.4, 0.5) is 5.69 Å². The van der Waals surface area contributed by atoms with E-state index >= 15 is 0 Å². The minimum Gasteiger partial charge on any atom is -0.324 e. The lowest BCUT2D eigenvalue weighted by atomic mass is 10.3. The summed E-state index contributed by atoms with van der Waals surface area (Å²) < 4.78 is 28.3. The first kappa shape index (κ1) is 13.0. The quantitative estimate of drug-likeness (QED) is 0.598. The van der Waals surface area contributed by atoms with E-state index in [0.29, 0.717) is 24.6 Å². The molecule has 0 amide bonds. The number of aromatic nitrogens is 3. The fraction of sp³-hybridized carbons (Fsp3) is 0.273. The number of hydrogen-bond donors (Lipinski definition) is 2. The number of sulfonamides is 1. The molecule has 2 heterocycles. The number of nitrogens with zero attached hydrogens (tertiary/aromatic N) is 4. The maximum atomic E-state index is 12.5. The average molecular weight is 294 g/mol. The molecular formula is C11H14N6O2S. The molecule has 0 saturated heterocycles. The molecule has 0 unspecified atom stereocenters. The van der Waals surface area contributed by atoms with Crippen molar-refractivity contribution in [2.24, 2.45) is 5.84 Å². The zero-order valence-electron chi connectivity index (χ0n) is 10.6. The molecule has 0 saturated carbocycles. The Bertz CT molecular complexity index is 709. The fourth-order valence-electron chi connectivity index (χ4n) is 2.12. The highest BCUT2D eigenvalue weighted by atomic mass is 32.2. The molecule has 3 rings (SSSR count). The van der Waals surface area contributed by atoms with Crippen molar-refractivity contribution in [2.75, 3.05) is 12.0 Å². The lowest BCUT2D eigenvalue weighted by Crippen LogP contribution is -2.38. The summed E-state index contributed by atoms with van der Waals surface area (Å²) in [5, 5.41) is 7.71. The molecule has 0 atom stereocenters. The number of nitrogen functional groups attached to an aromatic ring is 1. The van der Waals surface area contributed by atoms with Gasteiger partial charge in [0.25, 0.3) is 0 Å². The zero-order chi connectivity index (χ0) is 14.2. The third-order valence-electron chi connectivity index (χ3n) is 3.26. The van der Waals surface area contributed by atoms with E-state index in [1.165, 1.54) is 16.4 Å². The molecule has 1 aromatic carbocycles. The Kier molecular flexibility index (Phi) is 3.16. The topological polar surface area (TPSA) is 106 Å². The van der Waals surface area contributed by atoms with Crippen molar-refractivity contribution >= 4 is 15.7 Å². The highest BCUT2D eigenvalue weighted by molar-refractivity contribution is 7.89. The standard InChI is InChI=1S/C11H14N6O2S/c12-14-9-1-3-10(4-2-9)20(18,19)17-6-5-16-8-13-15-11(16)7-17/h1-4,8,14H,5-7,12H2. The highest BCUT2D eigenvalue weighted by Crippen LogP contribution is 2.21. The van der Waals surface area contributed by atoms with E-state index in [9.17, 15) is 8.42 Å². The molecule has 2 aromatic rings. The molecule has 20 heavy (non-hydrogen) atoms. The van der Waals surface area contributed by atoms with Crippen LogP contribution in [0.25, 0.3) is 0 Å². The van der Waals surface area contributed by atoms with Gasteiger partial charge in [-0.15, -0.1) is 10.2 Å². The summed E-state index contributed by atoms with van der Waals surface area (Å²) in [7, 11) is -3.52. The molecule has 0 spiro atoms. The third kappa shape index (κ3) is 2.15. The molecule has 0 radical (unpaired) electrons. The second-order valence-electron chi connectivity index (χ2n) is 4.45. The number of benzene rings is 1. The van der Waals surface area contributed by atoms with Crippen LogP contribution < -0.4 is 11.3 Å². The van der Waals surface area contributed by atoms with Gasteiger partial charge in [0.1, 0.15) is 12.2 Å². The molecule has 0 fully saturated rings. The van der Waals surface area contributed by atoms with Crippen molar-refractivity contribution in [3.8, 4) is 0 Å². The van der Waals surface area contributed by atoms with Crippen molar-refractivity contribution < 1.29 is 8.42 Å². The molecule has 0 aliphatic carbocycles. The van der Waals surface area contributed by atoms with Crippen LogP contribution in [0.1, 0.15) is 5.82 Å². The number of hydrogen-bond acceptors (Lipinski definition) is 6. The summed E-state index contributed by atoms with van der Waals surface area (Å²) in [6.45, 7) is 1.20. The Labute approximate surface area is 116 Å². The van der Waals surface area contributed by atoms with E-state index < -0.39 is 10.0 Å². The van der Waals surface area contributed by atoms with Crippen LogP contribution in [-0.2, 0) is 23.1 Å². The largest absolute Gasteiger partial charge is 0.324 e. The van der Waals surface area contributed by atoms with Crippen molar-refractivity contribution in [2.45, 2.75) is 18.0 Å². The predicted octanol–water partition coefficient (Wildman–Crippen LogP) is -0.232. The Hall–Kier alpha value is -1.97. The van der Waals surface area contributed by atoms with E-state index in [1.54, 1.807) is 18.5 Å². The highest BCUT2D eigenvalue weighted by Gasteiger charge is 2.29. The van der Waals surface area contributed by atoms with Crippen LogP contribution >= 0.6 is 0 Å². The molecule has 3 N–H and O–H groups in total. The number of nitrogens with two attached hydrogens (primary N) is 1. The minimum atomic E-state index is -3.52. The predicted molar refractivity (Wildman–Crippen MR) is 71.9 cm³/mol. The first-order chi connectivity index (χ1) is 9.61. The lowest BCUT2D eigenvalue weighted by Gasteiger charge is -2.26. The van der Waals surface area contributed by atoms with E-state index in [2.05, 4.69) is 15.6 Å². The monoisotopic (exact) mass is 294 g/mol. The van der Waals surface area contributed by atoms with Crippen LogP contribution in [0.5, 0.6) is 0 Å². The maximum Gasteiger partial charge on any atom is 0.243 e. The summed E-state index contributed by atoms with van der Waals surface area (Å²) in [6, 6.07) is 6.31. The van der Waals surface area contributed by atoms with Gasteiger partial charge in [0.15, 0.2) is 0 Å². The Morgan fingerprint density at radius 2 is 1.95 bits per heavy atom. The van der Waals surface area contributed by atoms with Gasteiger partial charge in [0.2, 0.25) is 10.0 Å². The summed E-state index contributed by atoms with van der Waals surface area (Å²) in [6.07, 6.45) is 1.61. The molecular weight excluding hydrogens is 280 g/mol. The van der Waals surface area contributed by atoms with Gasteiger partial charge < -0.3 is 9.99 Å². The Morgan fingerprint density at radius 3 is 2.65 bits per heavy atom. The first-order valence-electron chi connectivity index (χ1n) is 6.05. The Balaban J connectivity index is 1.88. The normalized spacial score (nSPS) is 15.8. The van der Waals surface area contributed by atoms with Crippen molar-refractivity contribution in [1.29, 1.82) is 0 Å². The Morgan fingerprint density at radius 1 is 1.20 bits per heavy atom. The molecule has 1 aliphatic rings. The second kappa shape index (κ2) is 4.85. The van der Waals surface area contributed by atoms with E-state index in [1.807, 2.05) is 4.57 Å². The van der Waals surface area contributed by atoms with Gasteiger partial charge in [-0.1, -0.05) is 0 Å². The van der Waals surface area contributed by atoms with Crippen LogP contribution in [-0.4, -0.2) is 34.0 Å². The lowest BCUT2D eigenvalue weighted by molar-refractivity contribution is 0.335. The first-order valence-corrected chi connectivity index (χ1v) is 7.49. The zero-order valence-corrected chi connectivity index (χ0v) is 11.4. The summed E-state index contributed by atoms with van der Waals surface area (Å²) in [5.41, 5.74) is 3.12. The van der Waals surface area contributed by atoms with Crippen molar-refractivity contribution in [1.82, 2.24) is 19.1 Å². The van der Waals surface area contributed by atoms with Gasteiger partial charge in [-0.05, 0) is 24.3 Å². The van der Waals surface area contributed by atoms with Crippen LogP contribution in [0.3, 0.4) is 0 Å². The smallest absolute Gasteiger partial charge is 0.243 e. The average Bonchev–Trinajstić information content (AvgIpc) is 2.94. The van der Waals surface area contributed by atoms with Gasteiger partial charge in [-0.2, -0.15) is 4.31 Å². The number of fused-ring (bicyclic) bond motifs is 1. The summed E-state index contributed by atoms with van der Waals surface area (Å²) in [4.78, 5) is 0.240. The molecule has 106 valence electrons. The molecule has 9 heteroatoms. The van der Waals surface area contributed by atoms with Gasteiger partial charge >= 0.3 is 0 Å². The molecule has 8 nitrogen and oxygen atoms in total. The number of rotatable bonds is 3. The number of nitrogens with one attached hydrogen (secondary N) is 1. The van der Waals surface area contributed by atoms with Crippen molar-refractivity contribution in [3.05, 3.63) is 36.4 Å². The SMILES string of the molecule is NNc1ccc(S(=O)(=O)N2CCn3cnnc3C2)cc1.